The van der Waals surface area contributed by atoms with Crippen molar-refractivity contribution in [3.8, 4) is 11.1 Å². The molecule has 2 N–H and O–H groups in total. The summed E-state index contributed by atoms with van der Waals surface area (Å²) >= 11 is 8.79. The fraction of sp³-hybridized carbons (Fsp3) is 0.0732. The summed E-state index contributed by atoms with van der Waals surface area (Å²) in [6.45, 7) is 0. The van der Waals surface area contributed by atoms with Crippen LogP contribution in [0.2, 0.25) is 0 Å². The molecule has 2 aromatic heterocycles. The van der Waals surface area contributed by atoms with Gasteiger partial charge >= 0.3 is 19.1 Å². The van der Waals surface area contributed by atoms with E-state index in [9.17, 15) is 19.6 Å². The highest BCUT2D eigenvalue weighted by Crippen LogP contribution is 2.37. The average molecular weight is 950 g/mol. The first-order chi connectivity index (χ1) is 25.1. The number of rotatable bonds is 4. The van der Waals surface area contributed by atoms with Gasteiger partial charge in [-0.15, -0.1) is 0 Å². The molecule has 0 radical (unpaired) electrons. The predicted molar refractivity (Wildman–Crippen MR) is 227 cm³/mol. The van der Waals surface area contributed by atoms with Crippen molar-refractivity contribution in [3.63, 3.8) is 0 Å². The molecule has 0 unspecified atom stereocenters. The van der Waals surface area contributed by atoms with Gasteiger partial charge in [-0.1, -0.05) is 118 Å². The van der Waals surface area contributed by atoms with Crippen LogP contribution in [0.25, 0.3) is 55.0 Å². The van der Waals surface area contributed by atoms with Crippen molar-refractivity contribution in [2.24, 2.45) is 0 Å². The van der Waals surface area contributed by atoms with E-state index in [1.807, 2.05) is 97.1 Å². The van der Waals surface area contributed by atoms with Gasteiger partial charge in [0.25, 0.3) is 0 Å². The molecule has 0 spiro atoms. The summed E-state index contributed by atoms with van der Waals surface area (Å²) in [4.78, 5) is 23.3. The highest BCUT2D eigenvalue weighted by Gasteiger charge is 2.20. The highest BCUT2D eigenvalue weighted by molar-refractivity contribution is 14.1. The molecule has 0 saturated carbocycles. The van der Waals surface area contributed by atoms with Crippen LogP contribution in [0.4, 0.5) is 0 Å². The highest BCUT2D eigenvalue weighted by atomic mass is 127. The van der Waals surface area contributed by atoms with E-state index in [0.29, 0.717) is 22.2 Å². The van der Waals surface area contributed by atoms with Gasteiger partial charge in [0.15, 0.2) is 0 Å². The number of halogens is 3. The molecule has 8 aromatic rings. The molecule has 0 bridgehead atoms. The maximum atomic E-state index is 12.2. The third-order valence-electron chi connectivity index (χ3n) is 8.13. The van der Waals surface area contributed by atoms with Crippen molar-refractivity contribution in [3.05, 3.63) is 145 Å². The Morgan fingerprint density at radius 1 is 0.604 bits per heavy atom. The van der Waals surface area contributed by atoms with Gasteiger partial charge in [-0.25, -0.2) is 9.59 Å². The first kappa shape index (κ1) is 39.7. The number of ether oxygens (including phenoxy) is 2. The molecule has 12 heteroatoms. The normalized spacial score (nSPS) is 10.5. The summed E-state index contributed by atoms with van der Waals surface area (Å²) in [5, 5.41) is 22.5. The molecule has 268 valence electrons. The van der Waals surface area contributed by atoms with Crippen molar-refractivity contribution in [2.75, 3.05) is 14.2 Å². The molecule has 0 saturated heterocycles. The number of carbonyl (C=O) groups excluding carboxylic acids is 2. The number of methoxy groups -OCH3 is 2. The van der Waals surface area contributed by atoms with E-state index in [0.717, 1.165) is 61.9 Å². The molecule has 0 aliphatic rings. The lowest BCUT2D eigenvalue weighted by molar-refractivity contribution is 0.0591. The third-order valence-corrected chi connectivity index (χ3v) is 10.1. The van der Waals surface area contributed by atoms with Crippen LogP contribution in [0, 0.1) is 3.57 Å². The Kier molecular flexibility index (Phi) is 13.2. The van der Waals surface area contributed by atoms with E-state index < -0.39 is 7.12 Å². The maximum absolute atomic E-state index is 12.2. The minimum absolute atomic E-state index is 0. The molecule has 0 atom stereocenters. The van der Waals surface area contributed by atoms with Crippen LogP contribution < -0.4 is 5.46 Å². The quantitative estimate of drug-likeness (QED) is 0.102. The minimum Gasteiger partial charge on any atom is -0.465 e. The monoisotopic (exact) mass is 948 g/mol. The van der Waals surface area contributed by atoms with E-state index in [4.69, 9.17) is 13.6 Å². The average Bonchev–Trinajstić information content (AvgIpc) is 3.74. The van der Waals surface area contributed by atoms with Gasteiger partial charge < -0.3 is 28.4 Å². The Morgan fingerprint density at radius 2 is 1.09 bits per heavy atom. The molecule has 6 aromatic carbocycles. The van der Waals surface area contributed by atoms with Gasteiger partial charge in [0.2, 0.25) is 0 Å². The number of esters is 2. The zero-order chi connectivity index (χ0) is 36.9. The van der Waals surface area contributed by atoms with Crippen molar-refractivity contribution >= 4 is 123 Å². The topological polar surface area (TPSA) is 119 Å². The van der Waals surface area contributed by atoms with Crippen molar-refractivity contribution in [2.45, 2.75) is 7.43 Å². The molecular weight excluding hydrogens is 918 g/mol. The number of benzene rings is 6. The Balaban J connectivity index is 0.000000162. The first-order valence-electron chi connectivity index (χ1n) is 15.7. The molecule has 2 heterocycles. The second-order valence-corrected chi connectivity index (χ2v) is 14.3. The lowest BCUT2D eigenvalue weighted by Gasteiger charge is -2.09. The lowest BCUT2D eigenvalue weighted by atomic mass is 9.79. The number of carbonyl (C=O) groups is 2. The van der Waals surface area contributed by atoms with Crippen LogP contribution in [-0.4, -0.2) is 43.3 Å². The molecule has 0 aliphatic carbocycles. The second kappa shape index (κ2) is 17.6. The van der Waals surface area contributed by atoms with Crippen molar-refractivity contribution < 1.29 is 37.9 Å². The maximum Gasteiger partial charge on any atom is 0.492 e. The van der Waals surface area contributed by atoms with Gasteiger partial charge in [0.05, 0.1) is 25.3 Å². The van der Waals surface area contributed by atoms with Gasteiger partial charge in [0, 0.05) is 45.1 Å². The molecule has 0 aliphatic heterocycles. The summed E-state index contributed by atoms with van der Waals surface area (Å²) in [6.07, 6.45) is 0. The van der Waals surface area contributed by atoms with E-state index in [1.165, 1.54) is 14.2 Å². The fourth-order valence-electron chi connectivity index (χ4n) is 5.73. The number of furan rings is 2. The third kappa shape index (κ3) is 8.52. The van der Waals surface area contributed by atoms with Crippen molar-refractivity contribution in [1.29, 1.82) is 0 Å². The number of fused-ring (bicyclic) bond motifs is 6. The van der Waals surface area contributed by atoms with E-state index in [-0.39, 0.29) is 19.4 Å². The minimum atomic E-state index is -1.51. The Hall–Kier alpha value is -4.47. The fourth-order valence-corrected chi connectivity index (χ4v) is 7.00. The molecule has 8 rings (SSSR count). The van der Waals surface area contributed by atoms with Gasteiger partial charge in [-0.05, 0) is 70.6 Å². The summed E-state index contributed by atoms with van der Waals surface area (Å²) < 4.78 is 23.8. The van der Waals surface area contributed by atoms with Crippen LogP contribution >= 0.6 is 54.5 Å². The standard InChI is InChI=1S/C20H13BrO3.C12H9BO3.C8H6BrIO2.CH4/c1-23-20(22)17-11-12(21)9-10-13(17)15-6-4-7-16-14-5-2-3-8-18(14)24-19(15)16;14-13(15)10-6-3-5-9-8-4-1-2-7-11(8)16-12(9)10;1-12-8(11)6-4-5(9)2-3-7(6)10;/h2-11H,1H3;1-7,14-15H;2-4H,1H3;1H4. The SMILES string of the molecule is C.COC(=O)c1cc(Br)ccc1-c1cccc2c1oc1ccccc12.COC(=O)c1cc(Br)ccc1I.OB(O)c1cccc2c1oc1ccccc12. The van der Waals surface area contributed by atoms with E-state index in [2.05, 4.69) is 59.2 Å². The molecular formula is C41H32BBr2IO8. The first-order valence-corrected chi connectivity index (χ1v) is 18.4. The predicted octanol–water partition coefficient (Wildman–Crippen LogP) is 10.5. The largest absolute Gasteiger partial charge is 0.492 e. The molecule has 8 nitrogen and oxygen atoms in total. The van der Waals surface area contributed by atoms with Crippen LogP contribution in [0.3, 0.4) is 0 Å². The smallest absolute Gasteiger partial charge is 0.465 e. The Labute approximate surface area is 336 Å². The Morgan fingerprint density at radius 3 is 1.70 bits per heavy atom. The number of hydrogen-bond acceptors (Lipinski definition) is 8. The van der Waals surface area contributed by atoms with Crippen LogP contribution in [0.1, 0.15) is 28.1 Å². The van der Waals surface area contributed by atoms with Crippen LogP contribution in [-0.2, 0) is 9.47 Å². The van der Waals surface area contributed by atoms with Crippen molar-refractivity contribution in [1.82, 2.24) is 0 Å². The van der Waals surface area contributed by atoms with E-state index >= 15 is 0 Å². The van der Waals surface area contributed by atoms with Gasteiger partial charge in [-0.2, -0.15) is 0 Å². The summed E-state index contributed by atoms with van der Waals surface area (Å²) in [6, 6.07) is 37.9. The molecule has 53 heavy (non-hydrogen) atoms. The zero-order valence-electron chi connectivity index (χ0n) is 27.6. The van der Waals surface area contributed by atoms with Crippen LogP contribution in [0.15, 0.2) is 139 Å². The molecule has 0 amide bonds. The molecule has 0 fully saturated rings. The van der Waals surface area contributed by atoms with E-state index in [1.54, 1.807) is 24.3 Å². The lowest BCUT2D eigenvalue weighted by Crippen LogP contribution is -2.29. The number of para-hydroxylation sites is 4. The van der Waals surface area contributed by atoms with Crippen LogP contribution in [0.5, 0.6) is 0 Å². The second-order valence-electron chi connectivity index (χ2n) is 11.3. The summed E-state index contributed by atoms with van der Waals surface area (Å²) in [5.41, 5.74) is 6.04. The Bertz CT molecular complexity index is 2580. The summed E-state index contributed by atoms with van der Waals surface area (Å²) in [7, 11) is 1.25. The zero-order valence-corrected chi connectivity index (χ0v) is 32.9. The van der Waals surface area contributed by atoms with Gasteiger partial charge in [0.1, 0.15) is 22.3 Å². The summed E-state index contributed by atoms with van der Waals surface area (Å²) in [5.74, 6) is -0.680. The van der Waals surface area contributed by atoms with Gasteiger partial charge in [-0.3, -0.25) is 0 Å². The number of hydrogen-bond donors (Lipinski definition) is 2.